The molecule has 10 heteroatoms. The molecule has 1 aliphatic rings. The molecule has 5 atom stereocenters. The van der Waals surface area contributed by atoms with Crippen molar-refractivity contribution in [2.45, 2.75) is 30.6 Å². The van der Waals surface area contributed by atoms with Crippen LogP contribution < -0.4 is 0 Å². The first-order chi connectivity index (χ1) is 7.21. The van der Waals surface area contributed by atoms with Gasteiger partial charge >= 0.3 is 10.3 Å². The van der Waals surface area contributed by atoms with Crippen molar-refractivity contribution in [2.75, 3.05) is 6.61 Å². The summed E-state index contributed by atoms with van der Waals surface area (Å²) in [5.41, 5.74) is 0. The van der Waals surface area contributed by atoms with Crippen LogP contribution in [0.3, 0.4) is 0 Å². The van der Waals surface area contributed by atoms with Crippen LogP contribution in [-0.2, 0) is 10.3 Å². The van der Waals surface area contributed by atoms with Crippen molar-refractivity contribution in [3.8, 4) is 0 Å². The zero-order valence-electron chi connectivity index (χ0n) is 7.95. The highest BCUT2D eigenvalue weighted by molar-refractivity contribution is 7.83. The predicted octanol–water partition coefficient (Wildman–Crippen LogP) is -4.13. The molecule has 0 unspecified atom stereocenters. The lowest BCUT2D eigenvalue weighted by Gasteiger charge is -2.43. The van der Waals surface area contributed by atoms with E-state index in [1.807, 2.05) is 0 Å². The molecular formula is C6H13NO8S. The monoisotopic (exact) mass is 259 g/mol. The number of rotatable bonds is 2. The van der Waals surface area contributed by atoms with Gasteiger partial charge in [0.05, 0.1) is 12.6 Å². The molecule has 1 aliphatic heterocycles. The van der Waals surface area contributed by atoms with Crippen molar-refractivity contribution in [3.05, 3.63) is 0 Å². The molecule has 1 saturated heterocycles. The SMILES string of the molecule is O=S(=O)(O)N1[C@H](CO)[C@@H](O)[C@H](O)[C@@H](O)[C@@H]1O. The van der Waals surface area contributed by atoms with Crippen molar-refractivity contribution in [2.24, 2.45) is 0 Å². The second kappa shape index (κ2) is 4.50. The molecule has 0 spiro atoms. The van der Waals surface area contributed by atoms with Crippen LogP contribution in [0.4, 0.5) is 0 Å². The molecule has 0 bridgehead atoms. The Morgan fingerprint density at radius 3 is 1.88 bits per heavy atom. The molecular weight excluding hydrogens is 246 g/mol. The number of aliphatic hydroxyl groups excluding tert-OH is 5. The predicted molar refractivity (Wildman–Crippen MR) is 48.3 cm³/mol. The molecule has 0 radical (unpaired) electrons. The van der Waals surface area contributed by atoms with Crippen LogP contribution in [0, 0.1) is 0 Å². The first-order valence-corrected chi connectivity index (χ1v) is 5.70. The van der Waals surface area contributed by atoms with Gasteiger partial charge in [0.2, 0.25) is 0 Å². The van der Waals surface area contributed by atoms with Crippen molar-refractivity contribution < 1.29 is 38.5 Å². The number of nitrogens with zero attached hydrogens (tertiary/aromatic N) is 1. The van der Waals surface area contributed by atoms with E-state index in [1.165, 1.54) is 0 Å². The maximum absolute atomic E-state index is 10.9. The van der Waals surface area contributed by atoms with Gasteiger partial charge in [-0.15, -0.1) is 4.31 Å². The Morgan fingerprint density at radius 2 is 1.50 bits per heavy atom. The minimum Gasteiger partial charge on any atom is -0.395 e. The fraction of sp³-hybridized carbons (Fsp3) is 1.00. The van der Waals surface area contributed by atoms with Gasteiger partial charge in [-0.3, -0.25) is 4.55 Å². The van der Waals surface area contributed by atoms with Gasteiger partial charge in [-0.25, -0.2) is 0 Å². The molecule has 0 aromatic carbocycles. The van der Waals surface area contributed by atoms with E-state index in [1.54, 1.807) is 0 Å². The molecule has 96 valence electrons. The van der Waals surface area contributed by atoms with Gasteiger partial charge < -0.3 is 25.5 Å². The number of hydrogen-bond acceptors (Lipinski definition) is 7. The Bertz CT molecular complexity index is 344. The van der Waals surface area contributed by atoms with E-state index in [-0.39, 0.29) is 4.31 Å². The summed E-state index contributed by atoms with van der Waals surface area (Å²) in [6, 6.07) is -1.64. The van der Waals surface area contributed by atoms with E-state index in [0.29, 0.717) is 0 Å². The van der Waals surface area contributed by atoms with Crippen LogP contribution in [0.2, 0.25) is 0 Å². The van der Waals surface area contributed by atoms with Crippen LogP contribution in [0.15, 0.2) is 0 Å². The van der Waals surface area contributed by atoms with Crippen LogP contribution in [0.5, 0.6) is 0 Å². The summed E-state index contributed by atoms with van der Waals surface area (Å²) >= 11 is 0. The number of piperidine rings is 1. The second-order valence-corrected chi connectivity index (χ2v) is 4.76. The zero-order valence-corrected chi connectivity index (χ0v) is 8.77. The van der Waals surface area contributed by atoms with Gasteiger partial charge in [0.15, 0.2) is 6.23 Å². The topological polar surface area (TPSA) is 159 Å². The highest BCUT2D eigenvalue weighted by Gasteiger charge is 2.51. The lowest BCUT2D eigenvalue weighted by Crippen LogP contribution is -2.68. The average molecular weight is 259 g/mol. The van der Waals surface area contributed by atoms with Crippen molar-refractivity contribution in [1.82, 2.24) is 4.31 Å². The zero-order chi connectivity index (χ0) is 12.7. The molecule has 1 fully saturated rings. The summed E-state index contributed by atoms with van der Waals surface area (Å²) in [6.07, 6.45) is -7.79. The van der Waals surface area contributed by atoms with Crippen LogP contribution in [0.25, 0.3) is 0 Å². The number of aliphatic hydroxyl groups is 5. The molecule has 9 nitrogen and oxygen atoms in total. The summed E-state index contributed by atoms with van der Waals surface area (Å²) in [7, 11) is -4.93. The Balaban J connectivity index is 3.13. The molecule has 0 aromatic heterocycles. The van der Waals surface area contributed by atoms with Crippen molar-refractivity contribution in [1.29, 1.82) is 0 Å². The van der Waals surface area contributed by atoms with Gasteiger partial charge in [-0.1, -0.05) is 0 Å². The third-order valence-electron chi connectivity index (χ3n) is 2.44. The maximum atomic E-state index is 10.9. The van der Waals surface area contributed by atoms with Crippen molar-refractivity contribution >= 4 is 10.3 Å². The molecule has 1 rings (SSSR count). The molecule has 6 N–H and O–H groups in total. The maximum Gasteiger partial charge on any atom is 0.338 e. The molecule has 0 amide bonds. The van der Waals surface area contributed by atoms with Crippen molar-refractivity contribution in [3.63, 3.8) is 0 Å². The Hall–Kier alpha value is -0.330. The summed E-state index contributed by atoms with van der Waals surface area (Å²) in [5.74, 6) is 0. The largest absolute Gasteiger partial charge is 0.395 e. The summed E-state index contributed by atoms with van der Waals surface area (Å²) in [4.78, 5) is 0. The minimum absolute atomic E-state index is 0.0605. The molecule has 0 saturated carbocycles. The van der Waals surface area contributed by atoms with Gasteiger partial charge in [0, 0.05) is 0 Å². The summed E-state index contributed by atoms with van der Waals surface area (Å²) in [6.45, 7) is -0.943. The van der Waals surface area contributed by atoms with Gasteiger partial charge in [-0.2, -0.15) is 8.42 Å². The summed E-state index contributed by atoms with van der Waals surface area (Å²) in [5, 5.41) is 45.9. The first-order valence-electron chi connectivity index (χ1n) is 4.31. The fourth-order valence-corrected chi connectivity index (χ4v) is 2.53. The summed E-state index contributed by atoms with van der Waals surface area (Å²) < 4.78 is 30.4. The Kier molecular flexibility index (Phi) is 3.87. The lowest BCUT2D eigenvalue weighted by atomic mass is 9.95. The highest BCUT2D eigenvalue weighted by atomic mass is 32.2. The van der Waals surface area contributed by atoms with E-state index < -0.39 is 47.5 Å². The smallest absolute Gasteiger partial charge is 0.338 e. The molecule has 1 heterocycles. The van der Waals surface area contributed by atoms with E-state index in [9.17, 15) is 28.8 Å². The van der Waals surface area contributed by atoms with E-state index >= 15 is 0 Å². The second-order valence-electron chi connectivity index (χ2n) is 3.44. The molecule has 0 aliphatic carbocycles. The minimum atomic E-state index is -4.93. The Morgan fingerprint density at radius 1 is 1.00 bits per heavy atom. The van der Waals surface area contributed by atoms with E-state index in [4.69, 9.17) is 9.66 Å². The first kappa shape index (κ1) is 13.7. The third-order valence-corrected chi connectivity index (χ3v) is 3.46. The quantitative estimate of drug-likeness (QED) is 0.273. The normalized spacial score (nSPS) is 42.2. The van der Waals surface area contributed by atoms with E-state index in [2.05, 4.69) is 0 Å². The van der Waals surface area contributed by atoms with Crippen LogP contribution in [0.1, 0.15) is 0 Å². The average Bonchev–Trinajstić information content (AvgIpc) is 2.18. The van der Waals surface area contributed by atoms with Gasteiger partial charge in [0.1, 0.15) is 18.3 Å². The van der Waals surface area contributed by atoms with Gasteiger partial charge in [-0.05, 0) is 0 Å². The number of hydrogen-bond donors (Lipinski definition) is 6. The standard InChI is InChI=1S/C6H13NO8S/c8-1-2-3(9)4(10)5(11)6(12)7(2)16(13,14)15/h2-6,8-12H,1H2,(H,13,14,15)/t2-,3-,4+,5-,6+/m1/s1. The Labute approximate surface area is 91.1 Å². The van der Waals surface area contributed by atoms with Gasteiger partial charge in [0.25, 0.3) is 0 Å². The molecule has 16 heavy (non-hydrogen) atoms. The lowest BCUT2D eigenvalue weighted by molar-refractivity contribution is -0.198. The van der Waals surface area contributed by atoms with Crippen LogP contribution in [-0.4, -0.2) is 80.0 Å². The molecule has 0 aromatic rings. The third kappa shape index (κ3) is 2.19. The van der Waals surface area contributed by atoms with Crippen LogP contribution >= 0.6 is 0 Å². The fourth-order valence-electron chi connectivity index (χ4n) is 1.60. The van der Waals surface area contributed by atoms with E-state index in [0.717, 1.165) is 0 Å². The highest BCUT2D eigenvalue weighted by Crippen LogP contribution is 2.25.